The van der Waals surface area contributed by atoms with Gasteiger partial charge >= 0.3 is 7.32 Å². The first-order chi connectivity index (χ1) is 5.24. The third-order valence-corrected chi connectivity index (χ3v) is 1.68. The minimum atomic E-state index is -0.511. The zero-order valence-corrected chi connectivity index (χ0v) is 6.95. The fourth-order valence-electron chi connectivity index (χ4n) is 0.847. The minimum absolute atomic E-state index is 0.109. The van der Waals surface area contributed by atoms with Crippen LogP contribution in [0.15, 0.2) is 0 Å². The standard InChI is InChI=1S/C6H14BNO3/c1-5-6(2)11-7(10-5)9-4-3-8/h5-6H,3-4,8H2,1-2H3. The lowest BCUT2D eigenvalue weighted by molar-refractivity contribution is 0.168. The Labute approximate surface area is 67.2 Å². The van der Waals surface area contributed by atoms with Crippen LogP contribution in [0.4, 0.5) is 0 Å². The third-order valence-electron chi connectivity index (χ3n) is 1.68. The summed E-state index contributed by atoms with van der Waals surface area (Å²) in [5.74, 6) is 0. The lowest BCUT2D eigenvalue weighted by atomic mass is 10.2. The maximum atomic E-state index is 5.28. The van der Waals surface area contributed by atoms with E-state index in [0.29, 0.717) is 13.2 Å². The van der Waals surface area contributed by atoms with Gasteiger partial charge in [0.1, 0.15) is 0 Å². The van der Waals surface area contributed by atoms with Crippen molar-refractivity contribution in [3.05, 3.63) is 0 Å². The summed E-state index contributed by atoms with van der Waals surface area (Å²) in [6, 6.07) is 0. The molecule has 0 aromatic heterocycles. The van der Waals surface area contributed by atoms with Crippen molar-refractivity contribution in [1.82, 2.24) is 0 Å². The van der Waals surface area contributed by atoms with Crippen molar-refractivity contribution in [1.29, 1.82) is 0 Å². The second-order valence-electron chi connectivity index (χ2n) is 2.63. The average molecular weight is 159 g/mol. The van der Waals surface area contributed by atoms with Gasteiger partial charge < -0.3 is 19.7 Å². The Balaban J connectivity index is 2.18. The van der Waals surface area contributed by atoms with Crippen LogP contribution in [0.5, 0.6) is 0 Å². The molecule has 1 aliphatic heterocycles. The van der Waals surface area contributed by atoms with E-state index in [2.05, 4.69) is 0 Å². The number of hydrogen-bond donors (Lipinski definition) is 1. The molecule has 0 bridgehead atoms. The Morgan fingerprint density at radius 3 is 2.36 bits per heavy atom. The second-order valence-corrected chi connectivity index (χ2v) is 2.63. The summed E-state index contributed by atoms with van der Waals surface area (Å²) in [5.41, 5.74) is 5.24. The summed E-state index contributed by atoms with van der Waals surface area (Å²) in [6.45, 7) is 4.88. The Hall–Kier alpha value is -0.0951. The van der Waals surface area contributed by atoms with Gasteiger partial charge in [-0.2, -0.15) is 0 Å². The van der Waals surface area contributed by atoms with Gasteiger partial charge in [0, 0.05) is 13.2 Å². The third kappa shape index (κ3) is 2.45. The summed E-state index contributed by atoms with van der Waals surface area (Å²) in [5, 5.41) is 0. The predicted octanol–water partition coefficient (Wildman–Crippen LogP) is -0.230. The first kappa shape index (κ1) is 9.00. The molecular weight excluding hydrogens is 145 g/mol. The van der Waals surface area contributed by atoms with Gasteiger partial charge in [0.2, 0.25) is 0 Å². The molecule has 2 atom stereocenters. The molecule has 0 aromatic rings. The highest BCUT2D eigenvalue weighted by atomic mass is 16.8. The van der Waals surface area contributed by atoms with Crippen LogP contribution >= 0.6 is 0 Å². The number of hydrogen-bond acceptors (Lipinski definition) is 4. The van der Waals surface area contributed by atoms with Gasteiger partial charge in [0.15, 0.2) is 0 Å². The number of rotatable bonds is 3. The van der Waals surface area contributed by atoms with Crippen molar-refractivity contribution in [2.75, 3.05) is 13.2 Å². The average Bonchev–Trinajstić information content (AvgIpc) is 2.28. The highest BCUT2D eigenvalue weighted by molar-refractivity contribution is 6.37. The molecule has 1 fully saturated rings. The van der Waals surface area contributed by atoms with Crippen LogP contribution < -0.4 is 5.73 Å². The molecule has 1 saturated heterocycles. The molecule has 0 saturated carbocycles. The highest BCUT2D eigenvalue weighted by Crippen LogP contribution is 2.15. The molecular formula is C6H14BNO3. The van der Waals surface area contributed by atoms with Crippen molar-refractivity contribution < 1.29 is 14.0 Å². The fraction of sp³-hybridized carbons (Fsp3) is 1.00. The lowest BCUT2D eigenvalue weighted by Crippen LogP contribution is -2.24. The topological polar surface area (TPSA) is 53.7 Å². The first-order valence-corrected chi connectivity index (χ1v) is 3.86. The number of nitrogens with two attached hydrogens (primary N) is 1. The molecule has 2 unspecified atom stereocenters. The zero-order valence-electron chi connectivity index (χ0n) is 6.95. The van der Waals surface area contributed by atoms with Gasteiger partial charge in [-0.25, -0.2) is 0 Å². The van der Waals surface area contributed by atoms with Gasteiger partial charge in [0.25, 0.3) is 0 Å². The van der Waals surface area contributed by atoms with Crippen molar-refractivity contribution in [2.24, 2.45) is 5.73 Å². The van der Waals surface area contributed by atoms with Crippen molar-refractivity contribution in [3.63, 3.8) is 0 Å². The summed E-state index contributed by atoms with van der Waals surface area (Å²) < 4.78 is 15.7. The molecule has 1 rings (SSSR count). The Bertz CT molecular complexity index is 114. The summed E-state index contributed by atoms with van der Waals surface area (Å²) in [7, 11) is -0.511. The van der Waals surface area contributed by atoms with Crippen LogP contribution in [0, 0.1) is 0 Å². The quantitative estimate of drug-likeness (QED) is 0.578. The van der Waals surface area contributed by atoms with E-state index in [0.717, 1.165) is 0 Å². The normalized spacial score (nSPS) is 31.4. The molecule has 0 radical (unpaired) electrons. The Morgan fingerprint density at radius 2 is 1.91 bits per heavy atom. The zero-order chi connectivity index (χ0) is 8.27. The van der Waals surface area contributed by atoms with Crippen molar-refractivity contribution in [3.8, 4) is 0 Å². The molecule has 1 heterocycles. The maximum absolute atomic E-state index is 5.28. The van der Waals surface area contributed by atoms with Gasteiger partial charge in [-0.15, -0.1) is 0 Å². The van der Waals surface area contributed by atoms with E-state index in [1.165, 1.54) is 0 Å². The van der Waals surface area contributed by atoms with E-state index in [1.807, 2.05) is 13.8 Å². The molecule has 5 heteroatoms. The molecule has 64 valence electrons. The molecule has 0 spiro atoms. The van der Waals surface area contributed by atoms with Crippen LogP contribution in [0.2, 0.25) is 0 Å². The van der Waals surface area contributed by atoms with Crippen molar-refractivity contribution >= 4 is 7.32 Å². The fourth-order valence-corrected chi connectivity index (χ4v) is 0.847. The maximum Gasteiger partial charge on any atom is 0.640 e. The largest absolute Gasteiger partial charge is 0.640 e. The first-order valence-electron chi connectivity index (χ1n) is 3.86. The Morgan fingerprint density at radius 1 is 1.36 bits per heavy atom. The van der Waals surface area contributed by atoms with Gasteiger partial charge in [0.05, 0.1) is 12.2 Å². The van der Waals surface area contributed by atoms with E-state index in [9.17, 15) is 0 Å². The molecule has 0 aliphatic carbocycles. The monoisotopic (exact) mass is 159 g/mol. The molecule has 0 aromatic carbocycles. The molecule has 1 aliphatic rings. The van der Waals surface area contributed by atoms with E-state index >= 15 is 0 Å². The molecule has 0 amide bonds. The molecule has 4 nitrogen and oxygen atoms in total. The van der Waals surface area contributed by atoms with Crippen LogP contribution in [0.3, 0.4) is 0 Å². The van der Waals surface area contributed by atoms with E-state index < -0.39 is 7.32 Å². The minimum Gasteiger partial charge on any atom is -0.385 e. The van der Waals surface area contributed by atoms with E-state index in [4.69, 9.17) is 19.7 Å². The summed E-state index contributed by atoms with van der Waals surface area (Å²) in [4.78, 5) is 0. The van der Waals surface area contributed by atoms with E-state index in [1.54, 1.807) is 0 Å². The smallest absolute Gasteiger partial charge is 0.385 e. The van der Waals surface area contributed by atoms with Gasteiger partial charge in [-0.05, 0) is 13.8 Å². The highest BCUT2D eigenvalue weighted by Gasteiger charge is 2.36. The molecule has 11 heavy (non-hydrogen) atoms. The van der Waals surface area contributed by atoms with Gasteiger partial charge in [-0.1, -0.05) is 0 Å². The molecule has 2 N–H and O–H groups in total. The van der Waals surface area contributed by atoms with Crippen LogP contribution in [0.25, 0.3) is 0 Å². The van der Waals surface area contributed by atoms with Crippen LogP contribution in [-0.2, 0) is 14.0 Å². The summed E-state index contributed by atoms with van der Waals surface area (Å²) in [6.07, 6.45) is 0.218. The predicted molar refractivity (Wildman–Crippen MR) is 41.9 cm³/mol. The van der Waals surface area contributed by atoms with Gasteiger partial charge in [-0.3, -0.25) is 0 Å². The SMILES string of the molecule is CC1OB(OCCN)OC1C. The second kappa shape index (κ2) is 4.06. The van der Waals surface area contributed by atoms with Crippen LogP contribution in [-0.4, -0.2) is 32.7 Å². The van der Waals surface area contributed by atoms with Crippen molar-refractivity contribution in [2.45, 2.75) is 26.1 Å². The van der Waals surface area contributed by atoms with Crippen LogP contribution in [0.1, 0.15) is 13.8 Å². The van der Waals surface area contributed by atoms with E-state index in [-0.39, 0.29) is 12.2 Å². The Kier molecular flexibility index (Phi) is 3.32. The summed E-state index contributed by atoms with van der Waals surface area (Å²) >= 11 is 0. The lowest BCUT2D eigenvalue weighted by Gasteiger charge is -2.04.